The van der Waals surface area contributed by atoms with Crippen LogP contribution in [-0.4, -0.2) is 66.1 Å². The Balaban J connectivity index is 1.14. The molecule has 274 valence electrons. The highest BCUT2D eigenvalue weighted by atomic mass is 79.9. The fraction of sp³-hybridized carbons (Fsp3) is 0.436. The first kappa shape index (κ1) is 36.6. The Bertz CT molecular complexity index is 1920. The first-order valence-electron chi connectivity index (χ1n) is 18.1. The number of piperidine rings is 1. The molecule has 4 aromatic rings. The average molecular weight is 790 g/mol. The van der Waals surface area contributed by atoms with Gasteiger partial charge in [0.15, 0.2) is 5.60 Å². The number of nitrogens with one attached hydrogen (secondary N) is 2. The molecule has 3 aromatic carbocycles. The number of carbonyl (C=O) groups is 2. The number of benzene rings is 3. The molecule has 2 amide bonds. The Morgan fingerprint density at radius 2 is 1.98 bits per heavy atom. The van der Waals surface area contributed by atoms with E-state index in [4.69, 9.17) is 4.74 Å². The van der Waals surface area contributed by atoms with Gasteiger partial charge < -0.3 is 29.5 Å². The number of nitrogens with zero attached hydrogens (tertiary/aromatic N) is 4. The van der Waals surface area contributed by atoms with Gasteiger partial charge in [-0.05, 0) is 80.4 Å². The third-order valence-electron chi connectivity index (χ3n) is 11.1. The Morgan fingerprint density at radius 3 is 2.71 bits per heavy atom. The van der Waals surface area contributed by atoms with Crippen LogP contribution in [0.25, 0.3) is 0 Å². The van der Waals surface area contributed by atoms with Crippen LogP contribution in [0, 0.1) is 11.8 Å². The fourth-order valence-electron chi connectivity index (χ4n) is 8.59. The lowest BCUT2D eigenvalue weighted by molar-refractivity contribution is -0.146. The van der Waals surface area contributed by atoms with E-state index >= 15 is 4.11 Å². The lowest BCUT2D eigenvalue weighted by atomic mass is 9.82. The number of fused-ring (bicyclic) bond motifs is 2. The predicted molar refractivity (Wildman–Crippen MR) is 204 cm³/mol. The average Bonchev–Trinajstić information content (AvgIpc) is 3.79. The number of halogens is 2. The molecule has 2 fully saturated rings. The van der Waals surface area contributed by atoms with Gasteiger partial charge in [0.1, 0.15) is 0 Å². The molecule has 13 heteroatoms. The van der Waals surface area contributed by atoms with Gasteiger partial charge in [-0.3, -0.25) is 14.3 Å². The second kappa shape index (κ2) is 14.9. The molecule has 7 rings (SSSR count). The molecular weight excluding hydrogens is 743 g/mol. The molecular formula is C39H46BrFN6O4Si. The monoisotopic (exact) mass is 788 g/mol. The molecule has 0 radical (unpaired) electrons. The summed E-state index contributed by atoms with van der Waals surface area (Å²) in [7, 11) is -3.37. The third-order valence-corrected chi connectivity index (χ3v) is 14.0. The summed E-state index contributed by atoms with van der Waals surface area (Å²) in [5.41, 5.74) is 2.77. The summed E-state index contributed by atoms with van der Waals surface area (Å²) in [6.07, 6.45) is 3.54. The molecule has 4 heterocycles. The van der Waals surface area contributed by atoms with Crippen molar-refractivity contribution in [1.82, 2.24) is 20.3 Å². The predicted octanol–water partition coefficient (Wildman–Crippen LogP) is 6.52. The van der Waals surface area contributed by atoms with Crippen LogP contribution in [0.1, 0.15) is 54.5 Å². The van der Waals surface area contributed by atoms with Crippen molar-refractivity contribution in [2.24, 2.45) is 11.8 Å². The summed E-state index contributed by atoms with van der Waals surface area (Å²) in [4.78, 5) is 29.6. The van der Waals surface area contributed by atoms with Gasteiger partial charge in [-0.2, -0.15) is 0 Å². The normalized spacial score (nSPS) is 25.0. The first-order chi connectivity index (χ1) is 25.0. The van der Waals surface area contributed by atoms with Crippen molar-refractivity contribution in [3.8, 4) is 0 Å². The summed E-state index contributed by atoms with van der Waals surface area (Å²) < 4.78 is 25.9. The molecule has 3 N–H and O–H groups in total. The van der Waals surface area contributed by atoms with Crippen molar-refractivity contribution in [1.29, 1.82) is 0 Å². The number of hydrogen-bond acceptors (Lipinski definition) is 7. The number of rotatable bonds is 11. The zero-order valence-electron chi connectivity index (χ0n) is 29.8. The zero-order chi connectivity index (χ0) is 36.6. The Labute approximate surface area is 313 Å². The number of anilines is 2. The van der Waals surface area contributed by atoms with E-state index in [1.807, 2.05) is 85.9 Å². The highest BCUT2D eigenvalue weighted by molar-refractivity contribution is 9.10. The van der Waals surface area contributed by atoms with Gasteiger partial charge in [0.25, 0.3) is 5.91 Å². The van der Waals surface area contributed by atoms with Gasteiger partial charge in [-0.25, -0.2) is 0 Å². The van der Waals surface area contributed by atoms with Crippen molar-refractivity contribution >= 4 is 47.5 Å². The highest BCUT2D eigenvalue weighted by Crippen LogP contribution is 2.60. The van der Waals surface area contributed by atoms with Crippen molar-refractivity contribution in [3.05, 3.63) is 106 Å². The standard InChI is InChI=1S/C39H46BrFN6O4Si/c1-25-36(52(2,3)41)35(16-18-46-23-33(44-45-46)31(24-48)27-10-5-4-6-11-27)51-39(25)32-20-29(40)14-15-34(32)47(38(39)50)22-26-9-7-13-30(19-26)43-37(49)28-12-8-17-42-21-28/h4-7,9-11,13-15,19-20,23,25,28,31,35-36,42,48H,8,12,16-18,21-22,24H2,1-3H3,(H,43,49)/t25-,28?,31?,35+,36-,39+/m0/s1. The number of aromatic nitrogens is 3. The maximum absolute atomic E-state index is 16.4. The smallest absolute Gasteiger partial charge is 0.264 e. The summed E-state index contributed by atoms with van der Waals surface area (Å²) >= 11 is 3.62. The number of amides is 2. The Hall–Kier alpha value is -3.75. The molecule has 3 aliphatic rings. The number of aliphatic hydroxyl groups excluding tert-OH is 1. The van der Waals surface area contributed by atoms with Crippen molar-refractivity contribution in [3.63, 3.8) is 0 Å². The van der Waals surface area contributed by atoms with Crippen molar-refractivity contribution in [2.75, 3.05) is 29.9 Å². The molecule has 0 aliphatic carbocycles. The van der Waals surface area contributed by atoms with Crippen LogP contribution in [0.2, 0.25) is 18.6 Å². The highest BCUT2D eigenvalue weighted by Gasteiger charge is 2.66. The molecule has 1 aromatic heterocycles. The van der Waals surface area contributed by atoms with Crippen LogP contribution in [-0.2, 0) is 33.0 Å². The molecule has 0 saturated carbocycles. The van der Waals surface area contributed by atoms with Gasteiger partial charge in [0.05, 0.1) is 42.5 Å². The summed E-state index contributed by atoms with van der Waals surface area (Å²) in [5.74, 6) is -1.04. The molecule has 0 bridgehead atoms. The Kier molecular flexibility index (Phi) is 10.5. The van der Waals surface area contributed by atoms with Gasteiger partial charge in [0, 0.05) is 46.5 Å². The summed E-state index contributed by atoms with van der Waals surface area (Å²) in [6, 6.07) is 23.1. The number of aliphatic hydroxyl groups is 1. The minimum Gasteiger partial charge on any atom is -0.395 e. The molecule has 6 atom stereocenters. The van der Waals surface area contributed by atoms with E-state index < -0.39 is 31.6 Å². The van der Waals surface area contributed by atoms with E-state index in [9.17, 15) is 14.7 Å². The second-order valence-corrected chi connectivity index (χ2v) is 19.6. The lowest BCUT2D eigenvalue weighted by Crippen LogP contribution is -2.45. The van der Waals surface area contributed by atoms with Gasteiger partial charge in [0.2, 0.25) is 14.3 Å². The quantitative estimate of drug-likeness (QED) is 0.117. The lowest BCUT2D eigenvalue weighted by Gasteiger charge is -2.31. The van der Waals surface area contributed by atoms with Crippen LogP contribution in [0.5, 0.6) is 0 Å². The second-order valence-electron chi connectivity index (χ2n) is 14.9. The number of ether oxygens (including phenoxy) is 1. The molecule has 2 unspecified atom stereocenters. The van der Waals surface area contributed by atoms with Crippen molar-refractivity contribution < 1.29 is 23.5 Å². The van der Waals surface area contributed by atoms with E-state index in [1.165, 1.54) is 0 Å². The van der Waals surface area contributed by atoms with E-state index in [2.05, 4.69) is 36.9 Å². The minimum atomic E-state index is -3.37. The molecule has 3 aliphatic heterocycles. The van der Waals surface area contributed by atoms with Gasteiger partial charge in [-0.1, -0.05) is 70.5 Å². The van der Waals surface area contributed by atoms with E-state index in [1.54, 1.807) is 22.7 Å². The van der Waals surface area contributed by atoms with Crippen LogP contribution in [0.3, 0.4) is 0 Å². The molecule has 10 nitrogen and oxygen atoms in total. The van der Waals surface area contributed by atoms with E-state index in [0.29, 0.717) is 30.9 Å². The molecule has 52 heavy (non-hydrogen) atoms. The number of aryl methyl sites for hydroxylation is 1. The maximum Gasteiger partial charge on any atom is 0.264 e. The van der Waals surface area contributed by atoms with E-state index in [-0.39, 0.29) is 36.8 Å². The largest absolute Gasteiger partial charge is 0.395 e. The molecule has 1 spiro atoms. The van der Waals surface area contributed by atoms with Crippen LogP contribution in [0.15, 0.2) is 83.5 Å². The number of carbonyl (C=O) groups excluding carboxylic acids is 2. The van der Waals surface area contributed by atoms with Crippen LogP contribution in [0.4, 0.5) is 15.5 Å². The maximum atomic E-state index is 16.4. The SMILES string of the molecule is C[C@H]1[C@H]([Si](C)(C)F)[C@@H](CCn2cc(C(CO)c3ccccc3)nn2)O[C@]12C(=O)N(Cc1cccc(NC(=O)C3CCCNC3)c1)c1ccc(Br)cc12. The minimum absolute atomic E-state index is 0.00876. The summed E-state index contributed by atoms with van der Waals surface area (Å²) in [5, 5.41) is 25.2. The molecule has 2 saturated heterocycles. The van der Waals surface area contributed by atoms with Crippen LogP contribution < -0.4 is 15.5 Å². The third kappa shape index (κ3) is 7.01. The number of hydrogen-bond donors (Lipinski definition) is 3. The summed E-state index contributed by atoms with van der Waals surface area (Å²) in [6.45, 7) is 7.52. The van der Waals surface area contributed by atoms with Gasteiger partial charge >= 0.3 is 0 Å². The Morgan fingerprint density at radius 1 is 1.17 bits per heavy atom. The fourth-order valence-corrected chi connectivity index (χ4v) is 11.5. The van der Waals surface area contributed by atoms with E-state index in [0.717, 1.165) is 46.2 Å². The first-order valence-corrected chi connectivity index (χ1v) is 21.9. The van der Waals surface area contributed by atoms with Crippen LogP contribution >= 0.6 is 15.9 Å². The van der Waals surface area contributed by atoms with Crippen molar-refractivity contribution in [2.45, 2.75) is 75.5 Å². The van der Waals surface area contributed by atoms with Gasteiger partial charge in [-0.15, -0.1) is 5.10 Å². The topological polar surface area (TPSA) is 122 Å². The zero-order valence-corrected chi connectivity index (χ0v) is 32.4.